The van der Waals surface area contributed by atoms with E-state index >= 15 is 0 Å². The number of likely N-dealkylation sites (tertiary alicyclic amines) is 1. The van der Waals surface area contributed by atoms with E-state index in [4.69, 9.17) is 4.74 Å². The number of ether oxygens (including phenoxy) is 1. The van der Waals surface area contributed by atoms with Gasteiger partial charge in [0.15, 0.2) is 0 Å². The summed E-state index contributed by atoms with van der Waals surface area (Å²) in [5.74, 6) is 0.456. The number of carbonyl (C=O) groups is 2. The van der Waals surface area contributed by atoms with Crippen LogP contribution in [0.3, 0.4) is 0 Å². The van der Waals surface area contributed by atoms with E-state index in [9.17, 15) is 9.59 Å². The van der Waals surface area contributed by atoms with Crippen LogP contribution in [0.15, 0.2) is 0 Å². The topological polar surface area (TPSA) is 58.6 Å². The molecule has 2 fully saturated rings. The summed E-state index contributed by atoms with van der Waals surface area (Å²) in [6.07, 6.45) is 3.50. The first-order valence-electron chi connectivity index (χ1n) is 6.42. The number of carbonyl (C=O) groups excluding carboxylic acids is 2. The van der Waals surface area contributed by atoms with Gasteiger partial charge >= 0.3 is 6.09 Å². The summed E-state index contributed by atoms with van der Waals surface area (Å²) >= 11 is 0. The van der Waals surface area contributed by atoms with Crippen LogP contribution >= 0.6 is 0 Å². The molecule has 96 valence electrons. The Morgan fingerprint density at radius 3 is 2.41 bits per heavy atom. The minimum atomic E-state index is -0.237. The number of amides is 2. The molecule has 1 heterocycles. The molecule has 17 heavy (non-hydrogen) atoms. The Bertz CT molecular complexity index is 294. The molecule has 5 heteroatoms. The van der Waals surface area contributed by atoms with Gasteiger partial charge in [0.25, 0.3) is 0 Å². The lowest BCUT2D eigenvalue weighted by molar-refractivity contribution is -0.123. The van der Waals surface area contributed by atoms with E-state index in [1.54, 1.807) is 11.8 Å². The van der Waals surface area contributed by atoms with Crippen LogP contribution in [0.4, 0.5) is 4.79 Å². The summed E-state index contributed by atoms with van der Waals surface area (Å²) in [7, 11) is 0. The fraction of sp³-hybridized carbons (Fsp3) is 0.833. The van der Waals surface area contributed by atoms with Crippen molar-refractivity contribution in [2.75, 3.05) is 19.7 Å². The van der Waals surface area contributed by atoms with Crippen molar-refractivity contribution in [3.63, 3.8) is 0 Å². The second-order valence-electron chi connectivity index (χ2n) is 4.74. The number of piperidine rings is 1. The van der Waals surface area contributed by atoms with Crippen LogP contribution in [0.1, 0.15) is 32.6 Å². The number of hydrogen-bond acceptors (Lipinski definition) is 3. The quantitative estimate of drug-likeness (QED) is 0.804. The Hall–Kier alpha value is -1.26. The molecule has 2 amide bonds. The highest BCUT2D eigenvalue weighted by Crippen LogP contribution is 2.29. The minimum Gasteiger partial charge on any atom is -0.450 e. The molecule has 5 nitrogen and oxygen atoms in total. The van der Waals surface area contributed by atoms with Gasteiger partial charge in [0.1, 0.15) is 0 Å². The van der Waals surface area contributed by atoms with Crippen molar-refractivity contribution in [3.05, 3.63) is 0 Å². The predicted molar refractivity (Wildman–Crippen MR) is 62.5 cm³/mol. The molecule has 0 bridgehead atoms. The van der Waals surface area contributed by atoms with E-state index in [2.05, 4.69) is 5.32 Å². The van der Waals surface area contributed by atoms with Crippen molar-refractivity contribution in [3.8, 4) is 0 Å². The largest absolute Gasteiger partial charge is 0.450 e. The molecule has 0 spiro atoms. The Labute approximate surface area is 101 Å². The molecule has 1 aliphatic heterocycles. The molecule has 1 saturated carbocycles. The van der Waals surface area contributed by atoms with Gasteiger partial charge in [-0.1, -0.05) is 0 Å². The van der Waals surface area contributed by atoms with Crippen LogP contribution in [0.2, 0.25) is 0 Å². The summed E-state index contributed by atoms with van der Waals surface area (Å²) in [5.41, 5.74) is 0. The second-order valence-corrected chi connectivity index (χ2v) is 4.74. The molecule has 0 aromatic heterocycles. The van der Waals surface area contributed by atoms with Crippen molar-refractivity contribution in [2.45, 2.75) is 38.6 Å². The van der Waals surface area contributed by atoms with Gasteiger partial charge in [0.2, 0.25) is 5.91 Å². The molecule has 2 aliphatic rings. The lowest BCUT2D eigenvalue weighted by Crippen LogP contribution is -2.47. The average molecular weight is 240 g/mol. The number of rotatable bonds is 3. The second kappa shape index (κ2) is 5.38. The zero-order valence-electron chi connectivity index (χ0n) is 10.3. The summed E-state index contributed by atoms with van der Waals surface area (Å²) in [4.78, 5) is 24.7. The number of nitrogens with one attached hydrogen (secondary N) is 1. The fourth-order valence-electron chi connectivity index (χ4n) is 2.09. The summed E-state index contributed by atoms with van der Waals surface area (Å²) in [6, 6.07) is 0.230. The van der Waals surface area contributed by atoms with Crippen molar-refractivity contribution in [1.82, 2.24) is 10.2 Å². The van der Waals surface area contributed by atoms with Gasteiger partial charge in [-0.2, -0.15) is 0 Å². The van der Waals surface area contributed by atoms with E-state index in [1.165, 1.54) is 0 Å². The van der Waals surface area contributed by atoms with Crippen LogP contribution in [0.5, 0.6) is 0 Å². The molecule has 0 radical (unpaired) electrons. The maximum Gasteiger partial charge on any atom is 0.409 e. The highest BCUT2D eigenvalue weighted by atomic mass is 16.6. The molecule has 0 aromatic carbocycles. The maximum absolute atomic E-state index is 11.6. The zero-order valence-corrected chi connectivity index (χ0v) is 10.3. The Morgan fingerprint density at radius 2 is 1.88 bits per heavy atom. The van der Waals surface area contributed by atoms with E-state index in [0.717, 1.165) is 25.7 Å². The fourth-order valence-corrected chi connectivity index (χ4v) is 2.09. The van der Waals surface area contributed by atoms with Gasteiger partial charge < -0.3 is 15.0 Å². The van der Waals surface area contributed by atoms with Crippen LogP contribution in [-0.2, 0) is 9.53 Å². The van der Waals surface area contributed by atoms with Crippen molar-refractivity contribution in [1.29, 1.82) is 0 Å². The standard InChI is InChI=1S/C12H20N2O3/c1-2-17-12(16)14-7-5-10(6-8-14)13-11(15)9-3-4-9/h9-10H,2-8H2,1H3,(H,13,15). The monoisotopic (exact) mass is 240 g/mol. The third-order valence-electron chi connectivity index (χ3n) is 3.32. The summed E-state index contributed by atoms with van der Waals surface area (Å²) < 4.78 is 4.95. The van der Waals surface area contributed by atoms with E-state index in [0.29, 0.717) is 19.7 Å². The van der Waals surface area contributed by atoms with Gasteiger partial charge in [0.05, 0.1) is 6.61 Å². The van der Waals surface area contributed by atoms with Crippen LogP contribution in [-0.4, -0.2) is 42.6 Å². The molecule has 1 aliphatic carbocycles. The lowest BCUT2D eigenvalue weighted by Gasteiger charge is -2.31. The third-order valence-corrected chi connectivity index (χ3v) is 3.32. The van der Waals surface area contributed by atoms with Crippen molar-refractivity contribution < 1.29 is 14.3 Å². The third kappa shape index (κ3) is 3.35. The van der Waals surface area contributed by atoms with Crippen molar-refractivity contribution >= 4 is 12.0 Å². The van der Waals surface area contributed by atoms with Gasteiger partial charge in [-0.3, -0.25) is 4.79 Å². The van der Waals surface area contributed by atoms with E-state index in [1.807, 2.05) is 0 Å². The molecular weight excluding hydrogens is 220 g/mol. The first kappa shape index (κ1) is 12.2. The first-order valence-corrected chi connectivity index (χ1v) is 6.42. The summed E-state index contributed by atoms with van der Waals surface area (Å²) in [6.45, 7) is 3.57. The highest BCUT2D eigenvalue weighted by Gasteiger charge is 2.32. The first-order chi connectivity index (χ1) is 8.20. The van der Waals surface area contributed by atoms with Gasteiger partial charge in [-0.25, -0.2) is 4.79 Å². The van der Waals surface area contributed by atoms with E-state index < -0.39 is 0 Å². The minimum absolute atomic E-state index is 0.194. The maximum atomic E-state index is 11.6. The molecular formula is C12H20N2O3. The highest BCUT2D eigenvalue weighted by molar-refractivity contribution is 5.81. The number of nitrogens with zero attached hydrogens (tertiary/aromatic N) is 1. The molecule has 2 rings (SSSR count). The average Bonchev–Trinajstić information content (AvgIpc) is 3.14. The van der Waals surface area contributed by atoms with Crippen LogP contribution in [0.25, 0.3) is 0 Å². The zero-order chi connectivity index (χ0) is 12.3. The Kier molecular flexibility index (Phi) is 3.86. The lowest BCUT2D eigenvalue weighted by atomic mass is 10.1. The molecule has 0 aromatic rings. The normalized spacial score (nSPS) is 21.1. The van der Waals surface area contributed by atoms with Gasteiger partial charge in [-0.15, -0.1) is 0 Å². The SMILES string of the molecule is CCOC(=O)N1CCC(NC(=O)C2CC2)CC1. The summed E-state index contributed by atoms with van der Waals surface area (Å²) in [5, 5.41) is 3.05. The van der Waals surface area contributed by atoms with Crippen molar-refractivity contribution in [2.24, 2.45) is 5.92 Å². The van der Waals surface area contributed by atoms with Gasteiger partial charge in [-0.05, 0) is 32.6 Å². The van der Waals surface area contributed by atoms with E-state index in [-0.39, 0.29) is 24.0 Å². The molecule has 1 saturated heterocycles. The smallest absolute Gasteiger partial charge is 0.409 e. The van der Waals surface area contributed by atoms with Gasteiger partial charge in [0, 0.05) is 25.0 Å². The van der Waals surface area contributed by atoms with Crippen LogP contribution < -0.4 is 5.32 Å². The predicted octanol–water partition coefficient (Wildman–Crippen LogP) is 1.13. The Morgan fingerprint density at radius 1 is 1.24 bits per heavy atom. The number of hydrogen-bond donors (Lipinski definition) is 1. The Balaban J connectivity index is 1.70. The molecule has 1 N–H and O–H groups in total. The molecule has 0 unspecified atom stereocenters. The molecule has 0 atom stereocenters. The van der Waals surface area contributed by atoms with Crippen LogP contribution in [0, 0.1) is 5.92 Å².